The van der Waals surface area contributed by atoms with Gasteiger partial charge in [0.1, 0.15) is 11.2 Å². The number of hydrogen-bond acceptors (Lipinski definition) is 4. The summed E-state index contributed by atoms with van der Waals surface area (Å²) in [6, 6.07) is 14.6. The Morgan fingerprint density at radius 2 is 1.70 bits per heavy atom. The average molecular weight is 419 g/mol. The molecule has 2 aromatic carbocycles. The van der Waals surface area contributed by atoms with Crippen LogP contribution in [0.4, 0.5) is 5.69 Å². The standard InChI is InChI=1S/C19H10Cl3N3O2/c20-12-9-23-17(16(22)15(12)21)18(26)24-11-7-5-10(6-8-11)19-25-13-3-1-2-4-14(13)27-19/h1-9H,(H,24,26). The molecule has 5 nitrogen and oxygen atoms in total. The van der Waals surface area contributed by atoms with E-state index in [0.717, 1.165) is 11.1 Å². The van der Waals surface area contributed by atoms with Crippen LogP contribution >= 0.6 is 34.8 Å². The van der Waals surface area contributed by atoms with Gasteiger partial charge in [-0.15, -0.1) is 0 Å². The van der Waals surface area contributed by atoms with Crippen molar-refractivity contribution in [1.82, 2.24) is 9.97 Å². The van der Waals surface area contributed by atoms with Crippen molar-refractivity contribution in [2.24, 2.45) is 0 Å². The maximum absolute atomic E-state index is 12.4. The third-order valence-electron chi connectivity index (χ3n) is 3.82. The van der Waals surface area contributed by atoms with Gasteiger partial charge in [-0.2, -0.15) is 0 Å². The molecular weight excluding hydrogens is 409 g/mol. The van der Waals surface area contributed by atoms with Crippen molar-refractivity contribution in [2.45, 2.75) is 0 Å². The maximum atomic E-state index is 12.4. The molecular formula is C19H10Cl3N3O2. The van der Waals surface area contributed by atoms with Crippen molar-refractivity contribution < 1.29 is 9.21 Å². The van der Waals surface area contributed by atoms with Crippen LogP contribution in [-0.4, -0.2) is 15.9 Å². The fraction of sp³-hybridized carbons (Fsp3) is 0. The predicted octanol–water partition coefficient (Wildman–Crippen LogP) is 6.10. The second-order valence-corrected chi connectivity index (χ2v) is 6.76. The van der Waals surface area contributed by atoms with Crippen LogP contribution < -0.4 is 5.32 Å². The minimum absolute atomic E-state index is 0.00441. The Labute approximate surface area is 168 Å². The number of aromatic nitrogens is 2. The van der Waals surface area contributed by atoms with Crippen LogP contribution in [-0.2, 0) is 0 Å². The van der Waals surface area contributed by atoms with Gasteiger partial charge < -0.3 is 9.73 Å². The highest BCUT2D eigenvalue weighted by Gasteiger charge is 2.17. The third-order valence-corrected chi connectivity index (χ3v) is 5.06. The zero-order chi connectivity index (χ0) is 19.0. The number of nitrogens with zero attached hydrogens (tertiary/aromatic N) is 2. The lowest BCUT2D eigenvalue weighted by Crippen LogP contribution is -2.14. The fourth-order valence-corrected chi connectivity index (χ4v) is 3.05. The number of rotatable bonds is 3. The molecule has 0 aliphatic heterocycles. The average Bonchev–Trinajstić information content (AvgIpc) is 3.11. The van der Waals surface area contributed by atoms with Crippen molar-refractivity contribution >= 4 is 57.5 Å². The van der Waals surface area contributed by atoms with Gasteiger partial charge >= 0.3 is 0 Å². The number of pyridine rings is 1. The Bertz CT molecular complexity index is 1120. The van der Waals surface area contributed by atoms with E-state index < -0.39 is 5.91 Å². The van der Waals surface area contributed by atoms with Gasteiger partial charge in [-0.1, -0.05) is 46.9 Å². The normalized spacial score (nSPS) is 10.9. The zero-order valence-electron chi connectivity index (χ0n) is 13.5. The molecule has 0 fully saturated rings. The van der Waals surface area contributed by atoms with Crippen LogP contribution in [0, 0.1) is 0 Å². The summed E-state index contributed by atoms with van der Waals surface area (Å²) in [6.45, 7) is 0. The Balaban J connectivity index is 1.56. The summed E-state index contributed by atoms with van der Waals surface area (Å²) >= 11 is 17.8. The minimum atomic E-state index is -0.492. The van der Waals surface area contributed by atoms with Crippen molar-refractivity contribution in [3.8, 4) is 11.5 Å². The summed E-state index contributed by atoms with van der Waals surface area (Å²) in [5.74, 6) is 0.0106. The summed E-state index contributed by atoms with van der Waals surface area (Å²) in [6.07, 6.45) is 1.28. The number of carbonyl (C=O) groups is 1. The molecule has 2 heterocycles. The van der Waals surface area contributed by atoms with Gasteiger partial charge in [-0.05, 0) is 36.4 Å². The lowest BCUT2D eigenvalue weighted by atomic mass is 10.2. The molecule has 0 saturated heterocycles. The molecule has 0 bridgehead atoms. The van der Waals surface area contributed by atoms with Crippen LogP contribution in [0.3, 0.4) is 0 Å². The zero-order valence-corrected chi connectivity index (χ0v) is 15.8. The molecule has 1 amide bonds. The van der Waals surface area contributed by atoms with E-state index in [1.165, 1.54) is 6.20 Å². The van der Waals surface area contributed by atoms with Crippen LogP contribution in [0.15, 0.2) is 59.1 Å². The van der Waals surface area contributed by atoms with Gasteiger partial charge in [-0.25, -0.2) is 9.97 Å². The van der Waals surface area contributed by atoms with E-state index in [4.69, 9.17) is 39.2 Å². The quantitative estimate of drug-likeness (QED) is 0.436. The number of anilines is 1. The smallest absolute Gasteiger partial charge is 0.275 e. The molecule has 0 saturated carbocycles. The summed E-state index contributed by atoms with van der Waals surface area (Å²) in [5, 5.41) is 2.99. The van der Waals surface area contributed by atoms with E-state index in [2.05, 4.69) is 15.3 Å². The first-order chi connectivity index (χ1) is 13.0. The minimum Gasteiger partial charge on any atom is -0.436 e. The summed E-state index contributed by atoms with van der Waals surface area (Å²) < 4.78 is 5.73. The van der Waals surface area contributed by atoms with Crippen LogP contribution in [0.2, 0.25) is 15.1 Å². The van der Waals surface area contributed by atoms with Crippen molar-refractivity contribution in [3.05, 3.63) is 75.5 Å². The third kappa shape index (κ3) is 3.49. The highest BCUT2D eigenvalue weighted by Crippen LogP contribution is 2.31. The van der Waals surface area contributed by atoms with Gasteiger partial charge in [0.2, 0.25) is 5.89 Å². The molecule has 4 rings (SSSR count). The second-order valence-electron chi connectivity index (χ2n) is 5.60. The summed E-state index contributed by atoms with van der Waals surface area (Å²) in [4.78, 5) is 20.8. The van der Waals surface area contributed by atoms with Gasteiger partial charge in [0, 0.05) is 17.4 Å². The van der Waals surface area contributed by atoms with Gasteiger partial charge in [-0.3, -0.25) is 4.79 Å². The van der Waals surface area contributed by atoms with E-state index >= 15 is 0 Å². The van der Waals surface area contributed by atoms with E-state index in [1.807, 2.05) is 24.3 Å². The molecule has 134 valence electrons. The molecule has 0 atom stereocenters. The highest BCUT2D eigenvalue weighted by atomic mass is 35.5. The number of fused-ring (bicyclic) bond motifs is 1. The predicted molar refractivity (Wildman–Crippen MR) is 107 cm³/mol. The number of nitrogens with one attached hydrogen (secondary N) is 1. The maximum Gasteiger partial charge on any atom is 0.275 e. The van der Waals surface area contributed by atoms with Gasteiger partial charge in [0.25, 0.3) is 5.91 Å². The van der Waals surface area contributed by atoms with Crippen LogP contribution in [0.5, 0.6) is 0 Å². The number of oxazole rings is 1. The molecule has 0 radical (unpaired) electrons. The van der Waals surface area contributed by atoms with E-state index in [9.17, 15) is 4.79 Å². The SMILES string of the molecule is O=C(Nc1ccc(-c2nc3ccccc3o2)cc1)c1ncc(Cl)c(Cl)c1Cl. The number of halogens is 3. The van der Waals surface area contributed by atoms with E-state index in [1.54, 1.807) is 24.3 Å². The molecule has 4 aromatic rings. The topological polar surface area (TPSA) is 68.0 Å². The van der Waals surface area contributed by atoms with Crippen molar-refractivity contribution in [2.75, 3.05) is 5.32 Å². The molecule has 1 N–H and O–H groups in total. The Morgan fingerprint density at radius 3 is 2.44 bits per heavy atom. The van der Waals surface area contributed by atoms with Crippen LogP contribution in [0.1, 0.15) is 10.5 Å². The first-order valence-electron chi connectivity index (χ1n) is 7.80. The monoisotopic (exact) mass is 417 g/mol. The molecule has 0 aliphatic carbocycles. The molecule has 0 aliphatic rings. The molecule has 2 aromatic heterocycles. The number of benzene rings is 2. The summed E-state index contributed by atoms with van der Waals surface area (Å²) in [5.41, 5.74) is 2.84. The lowest BCUT2D eigenvalue weighted by Gasteiger charge is -2.08. The lowest BCUT2D eigenvalue weighted by molar-refractivity contribution is 0.102. The number of amides is 1. The van der Waals surface area contributed by atoms with E-state index in [-0.39, 0.29) is 20.8 Å². The van der Waals surface area contributed by atoms with E-state index in [0.29, 0.717) is 17.2 Å². The Kier molecular flexibility index (Phi) is 4.74. The first kappa shape index (κ1) is 17.8. The van der Waals surface area contributed by atoms with Gasteiger partial charge in [0.05, 0.1) is 15.1 Å². The highest BCUT2D eigenvalue weighted by molar-refractivity contribution is 6.49. The first-order valence-corrected chi connectivity index (χ1v) is 8.93. The molecule has 8 heteroatoms. The number of para-hydroxylation sites is 2. The molecule has 27 heavy (non-hydrogen) atoms. The number of carbonyl (C=O) groups excluding carboxylic acids is 1. The summed E-state index contributed by atoms with van der Waals surface area (Å²) in [7, 11) is 0. The molecule has 0 spiro atoms. The van der Waals surface area contributed by atoms with Gasteiger partial charge in [0.15, 0.2) is 5.58 Å². The Hall–Kier alpha value is -2.60. The second kappa shape index (κ2) is 7.19. The largest absolute Gasteiger partial charge is 0.436 e. The van der Waals surface area contributed by atoms with Crippen LogP contribution in [0.25, 0.3) is 22.6 Å². The van der Waals surface area contributed by atoms with Crippen molar-refractivity contribution in [3.63, 3.8) is 0 Å². The fourth-order valence-electron chi connectivity index (χ4n) is 2.48. The molecule has 0 unspecified atom stereocenters. The van der Waals surface area contributed by atoms with Crippen molar-refractivity contribution in [1.29, 1.82) is 0 Å². The Morgan fingerprint density at radius 1 is 0.963 bits per heavy atom. The number of hydrogen-bond donors (Lipinski definition) is 1.